The van der Waals surface area contributed by atoms with Gasteiger partial charge in [-0.2, -0.15) is 0 Å². The largest absolute Gasteiger partial charge is 0.467 e. The zero-order valence-corrected chi connectivity index (χ0v) is 12.4. The monoisotopic (exact) mass is 269 g/mol. The molecule has 0 aliphatic heterocycles. The van der Waals surface area contributed by atoms with Crippen LogP contribution in [0.1, 0.15) is 52.4 Å². The standard InChI is InChI=1S/C15H27NO3/c1-5-8-11-12(9-6-2)14(17)16-13(10-7-3)15(18)19-4/h7,12-13H,3,5-6,8-11H2,1-2,4H3,(H,16,17). The highest BCUT2D eigenvalue weighted by Crippen LogP contribution is 2.15. The van der Waals surface area contributed by atoms with E-state index in [4.69, 9.17) is 0 Å². The van der Waals surface area contributed by atoms with Crippen LogP contribution in [0.4, 0.5) is 0 Å². The number of ether oxygens (including phenoxy) is 1. The average molecular weight is 269 g/mol. The molecule has 2 atom stereocenters. The predicted molar refractivity (Wildman–Crippen MR) is 76.7 cm³/mol. The number of methoxy groups -OCH3 is 1. The number of carbonyl (C=O) groups excluding carboxylic acids is 2. The van der Waals surface area contributed by atoms with Gasteiger partial charge < -0.3 is 10.1 Å². The number of nitrogens with one attached hydrogen (secondary N) is 1. The van der Waals surface area contributed by atoms with Gasteiger partial charge in [0.15, 0.2) is 0 Å². The van der Waals surface area contributed by atoms with Gasteiger partial charge in [-0.15, -0.1) is 6.58 Å². The van der Waals surface area contributed by atoms with Gasteiger partial charge in [-0.1, -0.05) is 39.2 Å². The summed E-state index contributed by atoms with van der Waals surface area (Å²) in [6, 6.07) is -0.615. The number of hydrogen-bond acceptors (Lipinski definition) is 3. The smallest absolute Gasteiger partial charge is 0.328 e. The van der Waals surface area contributed by atoms with Crippen LogP contribution < -0.4 is 5.32 Å². The van der Waals surface area contributed by atoms with E-state index in [0.29, 0.717) is 6.42 Å². The summed E-state index contributed by atoms with van der Waals surface area (Å²) in [5, 5.41) is 2.78. The highest BCUT2D eigenvalue weighted by Gasteiger charge is 2.24. The second kappa shape index (κ2) is 10.6. The summed E-state index contributed by atoms with van der Waals surface area (Å²) in [6.45, 7) is 7.77. The van der Waals surface area contributed by atoms with E-state index in [1.165, 1.54) is 7.11 Å². The second-order valence-corrected chi connectivity index (χ2v) is 4.74. The average Bonchev–Trinajstić information content (AvgIpc) is 2.41. The molecule has 0 saturated carbocycles. The van der Waals surface area contributed by atoms with Crippen LogP contribution in [-0.2, 0) is 14.3 Å². The van der Waals surface area contributed by atoms with Gasteiger partial charge in [-0.05, 0) is 19.3 Å². The molecule has 0 heterocycles. The summed E-state index contributed by atoms with van der Waals surface area (Å²) in [4.78, 5) is 23.7. The fourth-order valence-corrected chi connectivity index (χ4v) is 2.02. The summed E-state index contributed by atoms with van der Waals surface area (Å²) in [5.74, 6) is -0.478. The maximum absolute atomic E-state index is 12.2. The maximum Gasteiger partial charge on any atom is 0.328 e. The van der Waals surface area contributed by atoms with Crippen molar-refractivity contribution in [2.75, 3.05) is 7.11 Å². The third kappa shape index (κ3) is 6.99. The highest BCUT2D eigenvalue weighted by atomic mass is 16.5. The van der Waals surface area contributed by atoms with Crippen LogP contribution in [0.2, 0.25) is 0 Å². The van der Waals surface area contributed by atoms with E-state index < -0.39 is 12.0 Å². The lowest BCUT2D eigenvalue weighted by Crippen LogP contribution is -2.44. The number of unbranched alkanes of at least 4 members (excludes halogenated alkanes) is 1. The van der Waals surface area contributed by atoms with Gasteiger partial charge in [0.2, 0.25) is 5.91 Å². The molecule has 4 nitrogen and oxygen atoms in total. The summed E-state index contributed by atoms with van der Waals surface area (Å²) >= 11 is 0. The molecule has 1 amide bonds. The first-order valence-electron chi connectivity index (χ1n) is 7.09. The molecule has 0 aromatic rings. The van der Waals surface area contributed by atoms with Gasteiger partial charge in [0, 0.05) is 5.92 Å². The number of esters is 1. The Kier molecular flexibility index (Phi) is 9.85. The Morgan fingerprint density at radius 3 is 2.42 bits per heavy atom. The molecule has 4 heteroatoms. The van der Waals surface area contributed by atoms with E-state index in [-0.39, 0.29) is 11.8 Å². The molecule has 0 spiro atoms. The number of hydrogen-bond donors (Lipinski definition) is 1. The van der Waals surface area contributed by atoms with E-state index in [0.717, 1.165) is 32.1 Å². The van der Waals surface area contributed by atoms with Crippen LogP contribution >= 0.6 is 0 Å². The molecule has 2 unspecified atom stereocenters. The van der Waals surface area contributed by atoms with E-state index >= 15 is 0 Å². The fourth-order valence-electron chi connectivity index (χ4n) is 2.02. The van der Waals surface area contributed by atoms with Crippen molar-refractivity contribution in [1.82, 2.24) is 5.32 Å². The van der Waals surface area contributed by atoms with E-state index in [1.807, 2.05) is 0 Å². The molecular formula is C15H27NO3. The minimum Gasteiger partial charge on any atom is -0.467 e. The van der Waals surface area contributed by atoms with Crippen LogP contribution in [0, 0.1) is 5.92 Å². The van der Waals surface area contributed by atoms with Crippen molar-refractivity contribution in [2.24, 2.45) is 5.92 Å². The number of carbonyl (C=O) groups is 2. The molecule has 0 aromatic carbocycles. The molecule has 0 radical (unpaired) electrons. The zero-order chi connectivity index (χ0) is 14.7. The fraction of sp³-hybridized carbons (Fsp3) is 0.733. The first-order chi connectivity index (χ1) is 9.10. The Hall–Kier alpha value is -1.32. The Morgan fingerprint density at radius 2 is 1.95 bits per heavy atom. The van der Waals surface area contributed by atoms with Gasteiger partial charge in [-0.3, -0.25) is 4.79 Å². The number of rotatable bonds is 10. The van der Waals surface area contributed by atoms with Gasteiger partial charge in [0.25, 0.3) is 0 Å². The quantitative estimate of drug-likeness (QED) is 0.490. The van der Waals surface area contributed by atoms with Gasteiger partial charge >= 0.3 is 5.97 Å². The first-order valence-corrected chi connectivity index (χ1v) is 7.09. The lowest BCUT2D eigenvalue weighted by Gasteiger charge is -2.20. The molecule has 0 fully saturated rings. The summed E-state index contributed by atoms with van der Waals surface area (Å²) in [7, 11) is 1.32. The summed E-state index contributed by atoms with van der Waals surface area (Å²) in [5.41, 5.74) is 0. The van der Waals surface area contributed by atoms with E-state index in [1.54, 1.807) is 6.08 Å². The highest BCUT2D eigenvalue weighted by molar-refractivity contribution is 5.85. The van der Waals surface area contributed by atoms with Crippen LogP contribution in [0.3, 0.4) is 0 Å². The zero-order valence-electron chi connectivity index (χ0n) is 12.4. The van der Waals surface area contributed by atoms with E-state index in [9.17, 15) is 9.59 Å². The van der Waals surface area contributed by atoms with E-state index in [2.05, 4.69) is 30.5 Å². The van der Waals surface area contributed by atoms with Crippen molar-refractivity contribution in [3.8, 4) is 0 Å². The minimum atomic E-state index is -0.615. The Labute approximate surface area is 116 Å². The molecule has 0 aromatic heterocycles. The third-order valence-corrected chi connectivity index (χ3v) is 3.12. The molecule has 19 heavy (non-hydrogen) atoms. The maximum atomic E-state index is 12.2. The Morgan fingerprint density at radius 1 is 1.26 bits per heavy atom. The molecule has 0 bridgehead atoms. The topological polar surface area (TPSA) is 55.4 Å². The summed E-state index contributed by atoms with van der Waals surface area (Å²) < 4.78 is 4.69. The predicted octanol–water partition coefficient (Wildman–Crippen LogP) is 2.83. The molecular weight excluding hydrogens is 242 g/mol. The van der Waals surface area contributed by atoms with Crippen molar-refractivity contribution >= 4 is 11.9 Å². The van der Waals surface area contributed by atoms with Crippen LogP contribution in [0.15, 0.2) is 12.7 Å². The second-order valence-electron chi connectivity index (χ2n) is 4.74. The Balaban J connectivity index is 4.54. The molecule has 1 N–H and O–H groups in total. The summed E-state index contributed by atoms with van der Waals surface area (Å²) in [6.07, 6.45) is 6.80. The molecule has 0 rings (SSSR count). The molecule has 0 aliphatic rings. The molecule has 0 aliphatic carbocycles. The minimum absolute atomic E-state index is 0.0121. The first kappa shape index (κ1) is 17.7. The van der Waals surface area contributed by atoms with Crippen molar-refractivity contribution in [2.45, 2.75) is 58.4 Å². The number of amides is 1. The van der Waals surface area contributed by atoms with Crippen LogP contribution in [0.5, 0.6) is 0 Å². The van der Waals surface area contributed by atoms with Crippen LogP contribution in [0.25, 0.3) is 0 Å². The normalized spacial score (nSPS) is 13.4. The van der Waals surface area contributed by atoms with Crippen molar-refractivity contribution in [3.63, 3.8) is 0 Å². The molecule has 110 valence electrons. The van der Waals surface area contributed by atoms with Gasteiger partial charge in [-0.25, -0.2) is 4.79 Å². The van der Waals surface area contributed by atoms with Gasteiger partial charge in [0.05, 0.1) is 7.11 Å². The van der Waals surface area contributed by atoms with Crippen molar-refractivity contribution in [1.29, 1.82) is 0 Å². The molecule has 0 saturated heterocycles. The van der Waals surface area contributed by atoms with Gasteiger partial charge in [0.1, 0.15) is 6.04 Å². The third-order valence-electron chi connectivity index (χ3n) is 3.12. The lowest BCUT2D eigenvalue weighted by molar-refractivity contribution is -0.145. The van der Waals surface area contributed by atoms with Crippen molar-refractivity contribution < 1.29 is 14.3 Å². The van der Waals surface area contributed by atoms with Crippen LogP contribution in [-0.4, -0.2) is 25.0 Å². The Bertz CT molecular complexity index is 289. The lowest BCUT2D eigenvalue weighted by atomic mass is 9.95. The SMILES string of the molecule is C=CCC(NC(=O)C(CCC)CCCC)C(=O)OC. The van der Waals surface area contributed by atoms with Crippen molar-refractivity contribution in [3.05, 3.63) is 12.7 Å².